The maximum Gasteiger partial charge on any atom is 0.253 e. The summed E-state index contributed by atoms with van der Waals surface area (Å²) in [7, 11) is 1.86. The molecule has 0 saturated heterocycles. The fraction of sp³-hybridized carbons (Fsp3) is 0.438. The molecule has 0 bridgehead atoms. The summed E-state index contributed by atoms with van der Waals surface area (Å²) >= 11 is 0. The Hall–Kier alpha value is -1.79. The molecule has 1 aromatic rings. The van der Waals surface area contributed by atoms with Crippen LogP contribution in [0.25, 0.3) is 0 Å². The van der Waals surface area contributed by atoms with E-state index in [1.807, 2.05) is 37.1 Å². The van der Waals surface area contributed by atoms with Gasteiger partial charge < -0.3 is 10.0 Å². The second-order valence-corrected chi connectivity index (χ2v) is 5.01. The number of amides is 1. The van der Waals surface area contributed by atoms with E-state index in [-0.39, 0.29) is 12.5 Å². The number of carbonyl (C=O) groups is 1. The third kappa shape index (κ3) is 3.59. The largest absolute Gasteiger partial charge is 0.395 e. The van der Waals surface area contributed by atoms with Gasteiger partial charge in [0.2, 0.25) is 0 Å². The number of carbonyl (C=O) groups excluding carboxylic acids is 1. The van der Waals surface area contributed by atoms with Crippen LogP contribution in [-0.4, -0.2) is 35.6 Å². The number of nitrogens with zero attached hydrogens (tertiary/aromatic N) is 1. The molecule has 100 valence electrons. The molecule has 1 aliphatic carbocycles. The minimum atomic E-state index is 0.0645. The third-order valence-corrected chi connectivity index (χ3v) is 3.21. The molecule has 0 radical (unpaired) electrons. The predicted octanol–water partition coefficient (Wildman–Crippen LogP) is 1.96. The molecule has 1 aromatic carbocycles. The average molecular weight is 257 g/mol. The number of hydrogen-bond acceptors (Lipinski definition) is 2. The number of aliphatic hydroxyl groups excluding tert-OH is 1. The van der Waals surface area contributed by atoms with Gasteiger partial charge in [-0.2, -0.15) is 0 Å². The Kier molecular flexibility index (Phi) is 4.24. The molecule has 1 saturated carbocycles. The van der Waals surface area contributed by atoms with E-state index in [0.29, 0.717) is 18.0 Å². The standard InChI is InChI=1S/C16H19NO2/c1-12-9-13(5-3-4-8-18)11-14(10-12)16(19)17(2)15-6-7-15/h9-11,15,18H,4,6-8H2,1-2H3. The van der Waals surface area contributed by atoms with Gasteiger partial charge in [-0.15, -0.1) is 0 Å². The summed E-state index contributed by atoms with van der Waals surface area (Å²) in [5, 5.41) is 8.72. The first kappa shape index (κ1) is 13.6. The summed E-state index contributed by atoms with van der Waals surface area (Å²) in [5.74, 6) is 5.93. The van der Waals surface area contributed by atoms with Crippen molar-refractivity contribution in [1.82, 2.24) is 4.90 Å². The van der Waals surface area contributed by atoms with Crippen molar-refractivity contribution in [2.75, 3.05) is 13.7 Å². The van der Waals surface area contributed by atoms with Crippen molar-refractivity contribution < 1.29 is 9.90 Å². The van der Waals surface area contributed by atoms with Gasteiger partial charge in [-0.05, 0) is 43.5 Å². The summed E-state index contributed by atoms with van der Waals surface area (Å²) in [5.41, 5.74) is 2.56. The molecule has 0 aliphatic heterocycles. The fourth-order valence-electron chi connectivity index (χ4n) is 2.03. The van der Waals surface area contributed by atoms with Crippen LogP contribution in [0.5, 0.6) is 0 Å². The van der Waals surface area contributed by atoms with Crippen LogP contribution in [0, 0.1) is 18.8 Å². The van der Waals surface area contributed by atoms with E-state index in [4.69, 9.17) is 5.11 Å². The minimum Gasteiger partial charge on any atom is -0.395 e. The quantitative estimate of drug-likeness (QED) is 0.841. The molecular weight excluding hydrogens is 238 g/mol. The summed E-state index contributed by atoms with van der Waals surface area (Å²) in [4.78, 5) is 14.1. The highest BCUT2D eigenvalue weighted by molar-refractivity contribution is 5.95. The SMILES string of the molecule is Cc1cc(C#CCCO)cc(C(=O)N(C)C2CC2)c1. The summed E-state index contributed by atoms with van der Waals surface area (Å²) < 4.78 is 0. The molecule has 19 heavy (non-hydrogen) atoms. The molecule has 3 nitrogen and oxygen atoms in total. The maximum atomic E-state index is 12.3. The number of hydrogen-bond donors (Lipinski definition) is 1. The van der Waals surface area contributed by atoms with Gasteiger partial charge in [-0.25, -0.2) is 0 Å². The van der Waals surface area contributed by atoms with Crippen molar-refractivity contribution in [3.63, 3.8) is 0 Å². The second kappa shape index (κ2) is 5.90. The summed E-state index contributed by atoms with van der Waals surface area (Å²) in [6.45, 7) is 2.03. The van der Waals surface area contributed by atoms with Gasteiger partial charge in [0.25, 0.3) is 5.91 Å². The smallest absolute Gasteiger partial charge is 0.253 e. The van der Waals surface area contributed by atoms with Crippen molar-refractivity contribution in [1.29, 1.82) is 0 Å². The zero-order valence-corrected chi connectivity index (χ0v) is 11.4. The van der Waals surface area contributed by atoms with Gasteiger partial charge >= 0.3 is 0 Å². The van der Waals surface area contributed by atoms with Crippen LogP contribution in [0.15, 0.2) is 18.2 Å². The van der Waals surface area contributed by atoms with E-state index >= 15 is 0 Å². The van der Waals surface area contributed by atoms with Crippen molar-refractivity contribution in [2.45, 2.75) is 32.2 Å². The van der Waals surface area contributed by atoms with Crippen molar-refractivity contribution in [3.05, 3.63) is 34.9 Å². The van der Waals surface area contributed by atoms with Crippen LogP contribution in [0.2, 0.25) is 0 Å². The third-order valence-electron chi connectivity index (χ3n) is 3.21. The lowest BCUT2D eigenvalue weighted by atomic mass is 10.1. The average Bonchev–Trinajstić information content (AvgIpc) is 3.21. The van der Waals surface area contributed by atoms with Crippen LogP contribution in [0.3, 0.4) is 0 Å². The second-order valence-electron chi connectivity index (χ2n) is 5.01. The molecular formula is C16H19NO2. The van der Waals surface area contributed by atoms with Crippen molar-refractivity contribution in [2.24, 2.45) is 0 Å². The Balaban J connectivity index is 2.21. The number of aliphatic hydroxyl groups is 1. The first-order valence-corrected chi connectivity index (χ1v) is 6.60. The molecule has 1 aliphatic rings. The van der Waals surface area contributed by atoms with Gasteiger partial charge in [0.1, 0.15) is 0 Å². The lowest BCUT2D eigenvalue weighted by molar-refractivity contribution is 0.0785. The lowest BCUT2D eigenvalue weighted by Crippen LogP contribution is -2.28. The first-order valence-electron chi connectivity index (χ1n) is 6.60. The molecule has 0 heterocycles. The summed E-state index contributed by atoms with van der Waals surface area (Å²) in [6, 6.07) is 6.10. The van der Waals surface area contributed by atoms with Crippen LogP contribution < -0.4 is 0 Å². The Morgan fingerprint density at radius 3 is 2.79 bits per heavy atom. The normalized spacial score (nSPS) is 13.6. The minimum absolute atomic E-state index is 0.0645. The van der Waals surface area contributed by atoms with Crippen molar-refractivity contribution in [3.8, 4) is 11.8 Å². The Labute approximate surface area is 114 Å². The first-order chi connectivity index (χ1) is 9.11. The predicted molar refractivity (Wildman–Crippen MR) is 74.9 cm³/mol. The van der Waals surface area contributed by atoms with Crippen LogP contribution >= 0.6 is 0 Å². The van der Waals surface area contributed by atoms with Gasteiger partial charge in [0.05, 0.1) is 6.61 Å². The summed E-state index contributed by atoms with van der Waals surface area (Å²) in [6.07, 6.45) is 2.67. The van der Waals surface area contributed by atoms with Gasteiger partial charge in [-0.1, -0.05) is 11.8 Å². The molecule has 0 unspecified atom stereocenters. The van der Waals surface area contributed by atoms with Crippen LogP contribution in [0.4, 0.5) is 0 Å². The molecule has 0 aromatic heterocycles. The lowest BCUT2D eigenvalue weighted by Gasteiger charge is -2.16. The monoisotopic (exact) mass is 257 g/mol. The Morgan fingerprint density at radius 2 is 2.16 bits per heavy atom. The van der Waals surface area contributed by atoms with Crippen LogP contribution in [0.1, 0.15) is 40.7 Å². The molecule has 0 spiro atoms. The molecule has 1 fully saturated rings. The van der Waals surface area contributed by atoms with Crippen LogP contribution in [-0.2, 0) is 0 Å². The molecule has 1 amide bonds. The highest BCUT2D eigenvalue weighted by Crippen LogP contribution is 2.27. The van der Waals surface area contributed by atoms with Gasteiger partial charge in [0.15, 0.2) is 0 Å². The van der Waals surface area contributed by atoms with E-state index in [0.717, 1.165) is 24.0 Å². The van der Waals surface area contributed by atoms with E-state index < -0.39 is 0 Å². The fourth-order valence-corrected chi connectivity index (χ4v) is 2.03. The number of aryl methyl sites for hydroxylation is 1. The van der Waals surface area contributed by atoms with E-state index in [1.165, 1.54) is 0 Å². The molecule has 3 heteroatoms. The van der Waals surface area contributed by atoms with Gasteiger partial charge in [-0.3, -0.25) is 4.79 Å². The Morgan fingerprint density at radius 1 is 1.42 bits per heavy atom. The molecule has 1 N–H and O–H groups in total. The van der Waals surface area contributed by atoms with E-state index in [2.05, 4.69) is 11.8 Å². The highest BCUT2D eigenvalue weighted by Gasteiger charge is 2.30. The van der Waals surface area contributed by atoms with Crippen molar-refractivity contribution >= 4 is 5.91 Å². The maximum absolute atomic E-state index is 12.3. The van der Waals surface area contributed by atoms with Gasteiger partial charge in [0, 0.05) is 30.6 Å². The zero-order valence-electron chi connectivity index (χ0n) is 11.4. The number of rotatable bonds is 3. The van der Waals surface area contributed by atoms with E-state index in [9.17, 15) is 4.79 Å². The van der Waals surface area contributed by atoms with E-state index in [1.54, 1.807) is 0 Å². The Bertz CT molecular complexity index is 535. The molecule has 0 atom stereocenters. The zero-order chi connectivity index (χ0) is 13.8. The molecule has 2 rings (SSSR count). The topological polar surface area (TPSA) is 40.5 Å². The number of benzene rings is 1. The highest BCUT2D eigenvalue weighted by atomic mass is 16.2.